The SMILES string of the molecule is O=c1[c]c[c]c[nH]1. The van der Waals surface area contributed by atoms with Crippen molar-refractivity contribution in [2.75, 3.05) is 0 Å². The Kier molecular flexibility index (Phi) is 0.941. The van der Waals surface area contributed by atoms with Crippen molar-refractivity contribution in [3.8, 4) is 0 Å². The highest BCUT2D eigenvalue weighted by Gasteiger charge is 1.71. The highest BCUT2D eigenvalue weighted by Crippen LogP contribution is 1.63. The first-order chi connectivity index (χ1) is 3.39. The molecule has 0 aliphatic heterocycles. The molecule has 0 aliphatic carbocycles. The summed E-state index contributed by atoms with van der Waals surface area (Å²) in [6.07, 6.45) is 1.44. The van der Waals surface area contributed by atoms with E-state index in [1.165, 1.54) is 12.3 Å². The van der Waals surface area contributed by atoms with Crippen LogP contribution < -0.4 is 5.56 Å². The van der Waals surface area contributed by atoms with Gasteiger partial charge in [-0.15, -0.1) is 0 Å². The van der Waals surface area contributed by atoms with E-state index >= 15 is 0 Å². The third kappa shape index (κ3) is 0.892. The summed E-state index contributed by atoms with van der Waals surface area (Å²) < 4.78 is 0. The number of pyridine rings is 1. The zero-order valence-corrected chi connectivity index (χ0v) is 3.56. The molecule has 1 aromatic rings. The van der Waals surface area contributed by atoms with Gasteiger partial charge in [0.05, 0.1) is 6.07 Å². The quantitative estimate of drug-likeness (QED) is 0.480. The molecule has 7 heavy (non-hydrogen) atoms. The summed E-state index contributed by atoms with van der Waals surface area (Å²) in [5, 5.41) is 0. The van der Waals surface area contributed by atoms with Crippen LogP contribution in [0.1, 0.15) is 0 Å². The van der Waals surface area contributed by atoms with Crippen LogP contribution in [0.5, 0.6) is 0 Å². The Morgan fingerprint density at radius 3 is 2.86 bits per heavy atom. The maximum absolute atomic E-state index is 10.1. The molecule has 1 heterocycles. The van der Waals surface area contributed by atoms with E-state index in [9.17, 15) is 4.79 Å². The van der Waals surface area contributed by atoms with Crippen molar-refractivity contribution in [2.24, 2.45) is 0 Å². The lowest BCUT2D eigenvalue weighted by Crippen LogP contribution is -1.99. The Labute approximate surface area is 40.8 Å². The molecule has 2 nitrogen and oxygen atoms in total. The standard InChI is InChI=1S/C5H3NO/c7-5-3-1-2-4-6-5/h1,4H,(H,6,7). The van der Waals surface area contributed by atoms with E-state index in [0.29, 0.717) is 0 Å². The molecule has 34 valence electrons. The summed E-state index contributed by atoms with van der Waals surface area (Å²) in [6, 6.07) is 6.43. The van der Waals surface area contributed by atoms with Crippen LogP contribution in [0.3, 0.4) is 0 Å². The van der Waals surface area contributed by atoms with Gasteiger partial charge in [-0.3, -0.25) is 4.79 Å². The summed E-state index contributed by atoms with van der Waals surface area (Å²) in [4.78, 5) is 12.5. The molecular weight excluding hydrogens is 90.1 g/mol. The highest BCUT2D eigenvalue weighted by molar-refractivity contribution is 4.84. The van der Waals surface area contributed by atoms with E-state index in [-0.39, 0.29) is 5.56 Å². The Morgan fingerprint density at radius 2 is 2.57 bits per heavy atom. The molecule has 0 amide bonds. The van der Waals surface area contributed by atoms with Crippen molar-refractivity contribution in [3.63, 3.8) is 0 Å². The fraction of sp³-hybridized carbons (Fsp3) is 0. The maximum atomic E-state index is 10.1. The van der Waals surface area contributed by atoms with Crippen LogP contribution in [0.2, 0.25) is 0 Å². The van der Waals surface area contributed by atoms with Gasteiger partial charge in [0.25, 0.3) is 5.56 Å². The summed E-state index contributed by atoms with van der Waals surface area (Å²) >= 11 is 0. The van der Waals surface area contributed by atoms with E-state index < -0.39 is 0 Å². The predicted molar refractivity (Wildman–Crippen MR) is 24.7 cm³/mol. The number of H-pyrrole nitrogens is 1. The highest BCUT2D eigenvalue weighted by atomic mass is 16.1. The second kappa shape index (κ2) is 1.60. The van der Waals surface area contributed by atoms with Gasteiger partial charge in [-0.2, -0.15) is 0 Å². The van der Waals surface area contributed by atoms with Gasteiger partial charge in [-0.25, -0.2) is 0 Å². The minimum Gasteiger partial charge on any atom is -0.328 e. The molecule has 2 radical (unpaired) electrons. The van der Waals surface area contributed by atoms with Crippen LogP contribution in [0, 0.1) is 12.1 Å². The first kappa shape index (κ1) is 4.12. The fourth-order valence-corrected chi connectivity index (χ4v) is 0.298. The molecular formula is C5H3NO. The molecule has 1 rings (SSSR count). The van der Waals surface area contributed by atoms with Crippen LogP contribution in [-0.4, -0.2) is 4.98 Å². The topological polar surface area (TPSA) is 32.9 Å². The third-order valence-electron chi connectivity index (χ3n) is 0.573. The van der Waals surface area contributed by atoms with Crippen molar-refractivity contribution < 1.29 is 0 Å². The average Bonchev–Trinajstić information content (AvgIpc) is 1.69. The number of aromatic amines is 1. The molecule has 1 aromatic heterocycles. The van der Waals surface area contributed by atoms with Gasteiger partial charge in [-0.05, 0) is 6.07 Å². The van der Waals surface area contributed by atoms with Gasteiger partial charge in [0.1, 0.15) is 0 Å². The number of hydrogen-bond donors (Lipinski definition) is 1. The monoisotopic (exact) mass is 93.0 g/mol. The van der Waals surface area contributed by atoms with Gasteiger partial charge in [0.2, 0.25) is 0 Å². The predicted octanol–water partition coefficient (Wildman–Crippen LogP) is -0.0247. The zero-order chi connectivity index (χ0) is 5.11. The van der Waals surface area contributed by atoms with E-state index in [1.807, 2.05) is 0 Å². The van der Waals surface area contributed by atoms with Gasteiger partial charge in [0, 0.05) is 12.3 Å². The van der Waals surface area contributed by atoms with E-state index in [1.54, 1.807) is 0 Å². The van der Waals surface area contributed by atoms with Crippen LogP contribution in [0.4, 0.5) is 0 Å². The normalized spacial score (nSPS) is 8.57. The fourth-order valence-electron chi connectivity index (χ4n) is 0.298. The maximum Gasteiger partial charge on any atom is 0.256 e. The van der Waals surface area contributed by atoms with Crippen LogP contribution in [0.15, 0.2) is 17.1 Å². The van der Waals surface area contributed by atoms with Crippen LogP contribution in [0.25, 0.3) is 0 Å². The van der Waals surface area contributed by atoms with Gasteiger partial charge in [0.15, 0.2) is 0 Å². The van der Waals surface area contributed by atoms with Crippen LogP contribution >= 0.6 is 0 Å². The Morgan fingerprint density at radius 1 is 1.71 bits per heavy atom. The number of rotatable bonds is 0. The Hall–Kier alpha value is -1.05. The van der Waals surface area contributed by atoms with E-state index in [2.05, 4.69) is 17.1 Å². The molecule has 0 atom stereocenters. The second-order valence-corrected chi connectivity index (χ2v) is 1.07. The molecule has 0 spiro atoms. The number of aromatic nitrogens is 1. The summed E-state index contributed by atoms with van der Waals surface area (Å²) in [5.74, 6) is 0. The summed E-state index contributed by atoms with van der Waals surface area (Å²) in [6.45, 7) is 0. The van der Waals surface area contributed by atoms with Crippen molar-refractivity contribution in [3.05, 3.63) is 34.7 Å². The van der Waals surface area contributed by atoms with E-state index in [4.69, 9.17) is 0 Å². The number of nitrogens with one attached hydrogen (secondary N) is 1. The van der Waals surface area contributed by atoms with Crippen molar-refractivity contribution in [1.29, 1.82) is 0 Å². The minimum absolute atomic E-state index is 0.209. The lowest BCUT2D eigenvalue weighted by atomic mass is 10.5. The van der Waals surface area contributed by atoms with Crippen molar-refractivity contribution in [1.82, 2.24) is 4.98 Å². The number of hydrogen-bond acceptors (Lipinski definition) is 1. The van der Waals surface area contributed by atoms with Gasteiger partial charge < -0.3 is 4.98 Å². The van der Waals surface area contributed by atoms with Gasteiger partial charge >= 0.3 is 0 Å². The molecule has 0 unspecified atom stereocenters. The summed E-state index contributed by atoms with van der Waals surface area (Å²) in [7, 11) is 0. The average molecular weight is 93.1 g/mol. The molecule has 0 saturated heterocycles. The Balaban J connectivity index is 3.28. The van der Waals surface area contributed by atoms with Gasteiger partial charge in [-0.1, -0.05) is 0 Å². The first-order valence-electron chi connectivity index (χ1n) is 1.86. The Bertz CT molecular complexity index is 174. The van der Waals surface area contributed by atoms with Crippen LogP contribution in [-0.2, 0) is 0 Å². The lowest BCUT2D eigenvalue weighted by Gasteiger charge is -1.71. The van der Waals surface area contributed by atoms with Crippen molar-refractivity contribution in [2.45, 2.75) is 0 Å². The molecule has 1 N–H and O–H groups in total. The molecule has 0 aromatic carbocycles. The second-order valence-electron chi connectivity index (χ2n) is 1.07. The molecule has 0 aliphatic rings. The summed E-state index contributed by atoms with van der Waals surface area (Å²) in [5.41, 5.74) is -0.209. The molecule has 0 fully saturated rings. The lowest BCUT2D eigenvalue weighted by molar-refractivity contribution is 1.23. The first-order valence-corrected chi connectivity index (χ1v) is 1.86. The molecule has 0 bridgehead atoms. The van der Waals surface area contributed by atoms with Crippen molar-refractivity contribution >= 4 is 0 Å². The smallest absolute Gasteiger partial charge is 0.256 e. The molecule has 0 saturated carbocycles. The third-order valence-corrected chi connectivity index (χ3v) is 0.573. The minimum atomic E-state index is -0.209. The molecule has 2 heteroatoms. The largest absolute Gasteiger partial charge is 0.328 e. The zero-order valence-electron chi connectivity index (χ0n) is 3.56. The van der Waals surface area contributed by atoms with E-state index in [0.717, 1.165) is 0 Å².